The van der Waals surface area contributed by atoms with Crippen molar-refractivity contribution < 1.29 is 28.2 Å². The van der Waals surface area contributed by atoms with E-state index in [2.05, 4.69) is 104 Å². The summed E-state index contributed by atoms with van der Waals surface area (Å²) in [7, 11) is -4.35. The fourth-order valence-electron chi connectivity index (χ4n) is 5.38. The quantitative estimate of drug-likeness (QED) is 0.297. The first-order valence-electron chi connectivity index (χ1n) is 16.3. The van der Waals surface area contributed by atoms with Crippen molar-refractivity contribution in [1.82, 2.24) is 0 Å². The molecule has 0 saturated carbocycles. The van der Waals surface area contributed by atoms with Crippen LogP contribution in [0.2, 0.25) is 36.3 Å². The Bertz CT molecular complexity index is 1600. The van der Waals surface area contributed by atoms with E-state index in [1.807, 2.05) is 12.1 Å². The second-order valence-corrected chi connectivity index (χ2v) is 24.9. The maximum Gasteiger partial charge on any atom is 0.250 e. The van der Waals surface area contributed by atoms with E-state index < -0.39 is 16.6 Å². The zero-order chi connectivity index (χ0) is 32.8. The van der Waals surface area contributed by atoms with Gasteiger partial charge in [0, 0.05) is 28.8 Å². The standard InChI is InChI=1S/C37H52O6Si2/c1-36(2,3)44(7,8)42-29-20-27-22-32(25-13-15-28(16-14-25)39-19-17-38)41-24-31(27)34-30(23-29)35-26(12-11-18-40-35)21-33(34)43-45(9,10)37(4,5)6/h12-16,20-21,23,32,38H,11,17-19,22,24H2,1-10H3/t32-/m1/s1. The summed E-state index contributed by atoms with van der Waals surface area (Å²) < 4.78 is 32.9. The SMILES string of the molecule is CC(C)(C)[Si](C)(C)OC1=Cc2c3c(cc(O[Si](C)(C)C(C)(C)C)c2=C2CO[C@@H](c4ccc(OCCO)cc4)CC2=C1)=CCCO3. The van der Waals surface area contributed by atoms with Gasteiger partial charge in [0.15, 0.2) is 0 Å². The Balaban J connectivity index is 1.69. The summed E-state index contributed by atoms with van der Waals surface area (Å²) in [6.45, 7) is 24.2. The molecular formula is C37H52O6Si2. The third-order valence-corrected chi connectivity index (χ3v) is 18.8. The lowest BCUT2D eigenvalue weighted by molar-refractivity contribution is 0.0672. The van der Waals surface area contributed by atoms with Gasteiger partial charge in [-0.25, -0.2) is 0 Å². The van der Waals surface area contributed by atoms with Gasteiger partial charge in [0.05, 0.1) is 25.9 Å². The Kier molecular flexibility index (Phi) is 9.28. The molecule has 2 aliphatic heterocycles. The van der Waals surface area contributed by atoms with Crippen molar-refractivity contribution in [2.45, 2.75) is 96.8 Å². The zero-order valence-electron chi connectivity index (χ0n) is 28.9. The number of ether oxygens (including phenoxy) is 3. The van der Waals surface area contributed by atoms with Gasteiger partial charge in [-0.05, 0) is 83.3 Å². The number of hydrogen-bond donors (Lipinski definition) is 1. The van der Waals surface area contributed by atoms with E-state index >= 15 is 0 Å². The summed E-state index contributed by atoms with van der Waals surface area (Å²) in [6, 6.07) is 10.2. The van der Waals surface area contributed by atoms with Gasteiger partial charge < -0.3 is 28.2 Å². The molecule has 244 valence electrons. The fraction of sp³-hybridized carbons (Fsp3) is 0.514. The Hall–Kier alpha value is -2.79. The molecule has 2 heterocycles. The van der Waals surface area contributed by atoms with Gasteiger partial charge in [-0.3, -0.25) is 0 Å². The highest BCUT2D eigenvalue weighted by Crippen LogP contribution is 2.43. The summed E-state index contributed by atoms with van der Waals surface area (Å²) in [5.41, 5.74) is 4.46. The maximum absolute atomic E-state index is 9.13. The van der Waals surface area contributed by atoms with Crippen molar-refractivity contribution in [1.29, 1.82) is 0 Å². The molecule has 0 radical (unpaired) electrons. The summed E-state index contributed by atoms with van der Waals surface area (Å²) in [5, 5.41) is 11.4. The molecule has 1 N–H and O–H groups in total. The Morgan fingerprint density at radius 2 is 1.58 bits per heavy atom. The average Bonchev–Trinajstić information content (AvgIpc) is 3.11. The Labute approximate surface area is 271 Å². The first-order valence-corrected chi connectivity index (χ1v) is 22.1. The van der Waals surface area contributed by atoms with Crippen LogP contribution in [0.4, 0.5) is 0 Å². The van der Waals surface area contributed by atoms with Crippen LogP contribution in [-0.2, 0) is 9.16 Å². The minimum absolute atomic E-state index is 0.0120. The van der Waals surface area contributed by atoms with Crippen molar-refractivity contribution in [3.05, 3.63) is 69.3 Å². The molecule has 3 aliphatic rings. The van der Waals surface area contributed by atoms with Gasteiger partial charge in [-0.2, -0.15) is 0 Å². The van der Waals surface area contributed by atoms with E-state index in [0.717, 1.165) is 56.6 Å². The molecule has 1 fully saturated rings. The summed E-state index contributed by atoms with van der Waals surface area (Å²) >= 11 is 0. The number of aliphatic hydroxyl groups excluding tert-OH is 1. The number of benzene rings is 2. The highest BCUT2D eigenvalue weighted by molar-refractivity contribution is 6.75. The van der Waals surface area contributed by atoms with Crippen LogP contribution in [-0.4, -0.2) is 48.2 Å². The minimum atomic E-state index is -2.19. The first kappa shape index (κ1) is 33.6. The lowest BCUT2D eigenvalue weighted by atomic mass is 9.91. The van der Waals surface area contributed by atoms with Gasteiger partial charge >= 0.3 is 0 Å². The molecule has 45 heavy (non-hydrogen) atoms. The molecule has 2 aromatic carbocycles. The third kappa shape index (κ3) is 6.99. The highest BCUT2D eigenvalue weighted by atomic mass is 28.4. The summed E-state index contributed by atoms with van der Waals surface area (Å²) in [4.78, 5) is 0. The number of rotatable bonds is 8. The predicted octanol–water partition coefficient (Wildman–Crippen LogP) is 7.62. The smallest absolute Gasteiger partial charge is 0.250 e. The minimum Gasteiger partial charge on any atom is -0.543 e. The van der Waals surface area contributed by atoms with Crippen LogP contribution in [0, 0.1) is 0 Å². The molecule has 1 aliphatic carbocycles. The maximum atomic E-state index is 9.13. The van der Waals surface area contributed by atoms with Gasteiger partial charge in [-0.15, -0.1) is 0 Å². The molecule has 0 spiro atoms. The number of allylic oxidation sites excluding steroid dienone is 1. The highest BCUT2D eigenvalue weighted by Gasteiger charge is 2.41. The molecule has 0 aromatic heterocycles. The molecule has 6 nitrogen and oxygen atoms in total. The van der Waals surface area contributed by atoms with Gasteiger partial charge in [-0.1, -0.05) is 59.8 Å². The van der Waals surface area contributed by atoms with Gasteiger partial charge in [0.2, 0.25) is 8.32 Å². The zero-order valence-corrected chi connectivity index (χ0v) is 30.9. The number of hydrogen-bond acceptors (Lipinski definition) is 6. The topological polar surface area (TPSA) is 66.4 Å². The van der Waals surface area contributed by atoms with Gasteiger partial charge in [0.1, 0.15) is 29.6 Å². The van der Waals surface area contributed by atoms with E-state index in [1.54, 1.807) is 0 Å². The van der Waals surface area contributed by atoms with Crippen molar-refractivity contribution >= 4 is 34.4 Å². The molecule has 8 heteroatoms. The third-order valence-electron chi connectivity index (χ3n) is 10.1. The van der Waals surface area contributed by atoms with E-state index in [9.17, 15) is 0 Å². The Morgan fingerprint density at radius 3 is 2.22 bits per heavy atom. The van der Waals surface area contributed by atoms with Crippen molar-refractivity contribution in [3.63, 3.8) is 0 Å². The lowest BCUT2D eigenvalue weighted by Crippen LogP contribution is -2.45. The molecular weight excluding hydrogens is 597 g/mol. The second-order valence-electron chi connectivity index (χ2n) is 15.5. The van der Waals surface area contributed by atoms with Crippen LogP contribution >= 0.6 is 0 Å². The van der Waals surface area contributed by atoms with Crippen LogP contribution in [0.3, 0.4) is 0 Å². The second kappa shape index (κ2) is 12.4. The van der Waals surface area contributed by atoms with Crippen LogP contribution in [0.15, 0.2) is 47.7 Å². The van der Waals surface area contributed by atoms with E-state index in [1.165, 1.54) is 5.57 Å². The summed E-state index contributed by atoms with van der Waals surface area (Å²) in [5.74, 6) is 3.43. The van der Waals surface area contributed by atoms with Crippen molar-refractivity contribution in [3.8, 4) is 17.2 Å². The van der Waals surface area contributed by atoms with Crippen LogP contribution in [0.25, 0.3) is 17.7 Å². The lowest BCUT2D eigenvalue weighted by Gasteiger charge is -2.37. The van der Waals surface area contributed by atoms with E-state index in [-0.39, 0.29) is 29.4 Å². The average molecular weight is 649 g/mol. The van der Waals surface area contributed by atoms with Crippen molar-refractivity contribution in [2.75, 3.05) is 26.4 Å². The molecule has 5 rings (SSSR count). The van der Waals surface area contributed by atoms with Crippen LogP contribution in [0.1, 0.15) is 71.6 Å². The van der Waals surface area contributed by atoms with Gasteiger partial charge in [0.25, 0.3) is 8.32 Å². The van der Waals surface area contributed by atoms with Crippen LogP contribution in [0.5, 0.6) is 17.2 Å². The summed E-state index contributed by atoms with van der Waals surface area (Å²) in [6.07, 6.45) is 8.18. The van der Waals surface area contributed by atoms with E-state index in [0.29, 0.717) is 19.6 Å². The molecule has 1 atom stereocenters. The number of fused-ring (bicyclic) bond motifs is 4. The molecule has 1 saturated heterocycles. The number of aliphatic hydroxyl groups is 1. The van der Waals surface area contributed by atoms with E-state index in [4.69, 9.17) is 28.2 Å². The fourth-order valence-corrected chi connectivity index (χ4v) is 7.41. The molecule has 0 unspecified atom stereocenters. The van der Waals surface area contributed by atoms with Crippen molar-refractivity contribution in [2.24, 2.45) is 0 Å². The molecule has 0 amide bonds. The molecule has 2 aromatic rings. The molecule has 0 bridgehead atoms. The largest absolute Gasteiger partial charge is 0.543 e. The Morgan fingerprint density at radius 1 is 0.911 bits per heavy atom. The monoisotopic (exact) mass is 648 g/mol. The first-order chi connectivity index (χ1) is 21.0. The predicted molar refractivity (Wildman–Crippen MR) is 188 cm³/mol. The van der Waals surface area contributed by atoms with Crippen LogP contribution < -0.4 is 24.3 Å². The normalized spacial score (nSPS) is 18.6.